The molecule has 0 radical (unpaired) electrons. The first-order valence-corrected chi connectivity index (χ1v) is 8.95. The molecule has 0 aromatic heterocycles. The standard InChI is InChI=1S/C17H25IN2O2/c1-12(2)20-8-4-5-13(11-20)10-19-17(21)15-9-14(18)6-7-16(15)22-3/h6-7,9,12-13H,4-5,8,10-11H2,1-3H3,(H,19,21). The molecule has 1 atom stereocenters. The normalized spacial score (nSPS) is 19.2. The van der Waals surface area contributed by atoms with Gasteiger partial charge in [-0.05, 0) is 79.9 Å². The minimum atomic E-state index is -0.0444. The van der Waals surface area contributed by atoms with E-state index in [0.717, 1.165) is 16.7 Å². The van der Waals surface area contributed by atoms with E-state index in [0.29, 0.717) is 23.3 Å². The fourth-order valence-corrected chi connectivity index (χ4v) is 3.41. The number of hydrogen-bond donors (Lipinski definition) is 1. The van der Waals surface area contributed by atoms with E-state index >= 15 is 0 Å². The number of carbonyl (C=O) groups is 1. The predicted molar refractivity (Wildman–Crippen MR) is 97.5 cm³/mol. The number of methoxy groups -OCH3 is 1. The molecule has 1 aromatic rings. The van der Waals surface area contributed by atoms with Gasteiger partial charge in [0.25, 0.3) is 5.91 Å². The molecule has 1 aromatic carbocycles. The highest BCUT2D eigenvalue weighted by molar-refractivity contribution is 14.1. The van der Waals surface area contributed by atoms with Crippen LogP contribution in [-0.2, 0) is 0 Å². The number of carbonyl (C=O) groups excluding carboxylic acids is 1. The summed E-state index contributed by atoms with van der Waals surface area (Å²) < 4.78 is 6.32. The summed E-state index contributed by atoms with van der Waals surface area (Å²) in [6.45, 7) is 7.44. The highest BCUT2D eigenvalue weighted by Crippen LogP contribution is 2.22. The minimum absolute atomic E-state index is 0.0444. The van der Waals surface area contributed by atoms with Crippen LogP contribution in [0.2, 0.25) is 0 Å². The Morgan fingerprint density at radius 2 is 2.27 bits per heavy atom. The zero-order valence-corrected chi connectivity index (χ0v) is 15.7. The topological polar surface area (TPSA) is 41.6 Å². The molecule has 1 aliphatic heterocycles. The molecule has 1 unspecified atom stereocenters. The molecule has 1 aliphatic rings. The van der Waals surface area contributed by atoms with Crippen LogP contribution in [0.25, 0.3) is 0 Å². The van der Waals surface area contributed by atoms with Crippen LogP contribution in [0.5, 0.6) is 5.75 Å². The van der Waals surface area contributed by atoms with Crippen molar-refractivity contribution in [2.24, 2.45) is 5.92 Å². The molecular formula is C17H25IN2O2. The number of ether oxygens (including phenoxy) is 1. The van der Waals surface area contributed by atoms with Crippen LogP contribution in [0, 0.1) is 9.49 Å². The summed E-state index contributed by atoms with van der Waals surface area (Å²) >= 11 is 2.21. The summed E-state index contributed by atoms with van der Waals surface area (Å²) in [5.41, 5.74) is 0.617. The molecule has 4 nitrogen and oxygen atoms in total. The molecule has 1 fully saturated rings. The van der Waals surface area contributed by atoms with Crippen molar-refractivity contribution in [2.45, 2.75) is 32.7 Å². The lowest BCUT2D eigenvalue weighted by molar-refractivity contribution is 0.0919. The molecule has 1 amide bonds. The Bertz CT molecular complexity index is 519. The summed E-state index contributed by atoms with van der Waals surface area (Å²) in [5, 5.41) is 3.08. The average Bonchev–Trinajstić information content (AvgIpc) is 2.52. The monoisotopic (exact) mass is 416 g/mol. The number of nitrogens with one attached hydrogen (secondary N) is 1. The van der Waals surface area contributed by atoms with Crippen molar-refractivity contribution in [1.82, 2.24) is 10.2 Å². The molecule has 1 N–H and O–H groups in total. The van der Waals surface area contributed by atoms with Crippen molar-refractivity contribution in [2.75, 3.05) is 26.7 Å². The van der Waals surface area contributed by atoms with Crippen molar-refractivity contribution in [3.8, 4) is 5.75 Å². The molecule has 22 heavy (non-hydrogen) atoms. The smallest absolute Gasteiger partial charge is 0.255 e. The van der Waals surface area contributed by atoms with Gasteiger partial charge in [-0.2, -0.15) is 0 Å². The van der Waals surface area contributed by atoms with Gasteiger partial charge in [0, 0.05) is 22.7 Å². The van der Waals surface area contributed by atoms with Gasteiger partial charge in [-0.1, -0.05) is 0 Å². The van der Waals surface area contributed by atoms with Crippen molar-refractivity contribution in [3.05, 3.63) is 27.3 Å². The van der Waals surface area contributed by atoms with Gasteiger partial charge < -0.3 is 15.0 Å². The highest BCUT2D eigenvalue weighted by atomic mass is 127. The number of piperidine rings is 1. The molecule has 122 valence electrons. The zero-order valence-electron chi connectivity index (χ0n) is 13.6. The number of benzene rings is 1. The van der Waals surface area contributed by atoms with Crippen LogP contribution in [0.1, 0.15) is 37.0 Å². The first kappa shape index (κ1) is 17.5. The number of rotatable bonds is 5. The Morgan fingerprint density at radius 3 is 2.95 bits per heavy atom. The first-order chi connectivity index (χ1) is 10.5. The molecule has 0 spiro atoms. The largest absolute Gasteiger partial charge is 0.496 e. The van der Waals surface area contributed by atoms with Gasteiger partial charge >= 0.3 is 0 Å². The Hall–Kier alpha value is -0.820. The van der Waals surface area contributed by atoms with Gasteiger partial charge in [-0.15, -0.1) is 0 Å². The Kier molecular flexibility index (Phi) is 6.50. The second kappa shape index (κ2) is 8.15. The third kappa shape index (κ3) is 4.59. The molecule has 1 saturated heterocycles. The van der Waals surface area contributed by atoms with Gasteiger partial charge in [0.2, 0.25) is 0 Å². The van der Waals surface area contributed by atoms with Crippen molar-refractivity contribution >= 4 is 28.5 Å². The summed E-state index contributed by atoms with van der Waals surface area (Å²) in [6, 6.07) is 6.24. The molecular weight excluding hydrogens is 391 g/mol. The second-order valence-electron chi connectivity index (χ2n) is 6.15. The van der Waals surface area contributed by atoms with Crippen LogP contribution in [0.3, 0.4) is 0 Å². The summed E-state index contributed by atoms with van der Waals surface area (Å²) in [6.07, 6.45) is 2.40. The average molecular weight is 416 g/mol. The van der Waals surface area contributed by atoms with Crippen LogP contribution in [0.4, 0.5) is 0 Å². The number of nitrogens with zero attached hydrogens (tertiary/aromatic N) is 1. The molecule has 0 bridgehead atoms. The maximum atomic E-state index is 12.4. The zero-order chi connectivity index (χ0) is 16.1. The summed E-state index contributed by atoms with van der Waals surface area (Å²) in [7, 11) is 1.60. The first-order valence-electron chi connectivity index (χ1n) is 7.87. The fraction of sp³-hybridized carbons (Fsp3) is 0.588. The SMILES string of the molecule is COc1ccc(I)cc1C(=O)NCC1CCCN(C(C)C)C1. The second-order valence-corrected chi connectivity index (χ2v) is 7.40. The van der Waals surface area contributed by atoms with Crippen molar-refractivity contribution in [1.29, 1.82) is 0 Å². The Labute approximate surface area is 146 Å². The van der Waals surface area contributed by atoms with Crippen molar-refractivity contribution in [3.63, 3.8) is 0 Å². The third-order valence-corrected chi connectivity index (χ3v) is 4.91. The van der Waals surface area contributed by atoms with Crippen LogP contribution >= 0.6 is 22.6 Å². The number of halogens is 1. The fourth-order valence-electron chi connectivity index (χ4n) is 2.92. The van der Waals surface area contributed by atoms with E-state index in [-0.39, 0.29) is 5.91 Å². The van der Waals surface area contributed by atoms with E-state index in [1.807, 2.05) is 18.2 Å². The van der Waals surface area contributed by atoms with E-state index in [1.165, 1.54) is 19.4 Å². The minimum Gasteiger partial charge on any atom is -0.496 e. The van der Waals surface area contributed by atoms with Gasteiger partial charge in [0.1, 0.15) is 5.75 Å². The van der Waals surface area contributed by atoms with Gasteiger partial charge in [0.05, 0.1) is 12.7 Å². The van der Waals surface area contributed by atoms with E-state index in [2.05, 4.69) is 46.7 Å². The Balaban J connectivity index is 1.94. The summed E-state index contributed by atoms with van der Waals surface area (Å²) in [4.78, 5) is 14.9. The quantitative estimate of drug-likeness (QED) is 0.750. The maximum absolute atomic E-state index is 12.4. The molecule has 0 aliphatic carbocycles. The van der Waals surface area contributed by atoms with E-state index in [9.17, 15) is 4.79 Å². The molecule has 2 rings (SSSR count). The molecule has 5 heteroatoms. The lowest BCUT2D eigenvalue weighted by atomic mass is 9.97. The Morgan fingerprint density at radius 1 is 1.50 bits per heavy atom. The van der Waals surface area contributed by atoms with E-state index in [4.69, 9.17) is 4.74 Å². The number of hydrogen-bond acceptors (Lipinski definition) is 3. The van der Waals surface area contributed by atoms with Gasteiger partial charge in [-0.3, -0.25) is 4.79 Å². The van der Waals surface area contributed by atoms with E-state index < -0.39 is 0 Å². The van der Waals surface area contributed by atoms with Crippen LogP contribution < -0.4 is 10.1 Å². The third-order valence-electron chi connectivity index (χ3n) is 4.24. The molecule has 0 saturated carbocycles. The highest BCUT2D eigenvalue weighted by Gasteiger charge is 2.22. The lowest BCUT2D eigenvalue weighted by Crippen LogP contribution is -2.43. The lowest BCUT2D eigenvalue weighted by Gasteiger charge is -2.35. The molecule has 1 heterocycles. The van der Waals surface area contributed by atoms with Gasteiger partial charge in [-0.25, -0.2) is 0 Å². The van der Waals surface area contributed by atoms with E-state index in [1.54, 1.807) is 7.11 Å². The number of likely N-dealkylation sites (tertiary alicyclic amines) is 1. The van der Waals surface area contributed by atoms with Crippen molar-refractivity contribution < 1.29 is 9.53 Å². The van der Waals surface area contributed by atoms with Crippen LogP contribution in [0.15, 0.2) is 18.2 Å². The predicted octanol–water partition coefficient (Wildman–Crippen LogP) is 3.15. The van der Waals surface area contributed by atoms with Crippen LogP contribution in [-0.4, -0.2) is 43.6 Å². The number of amides is 1. The maximum Gasteiger partial charge on any atom is 0.255 e. The van der Waals surface area contributed by atoms with Gasteiger partial charge in [0.15, 0.2) is 0 Å². The summed E-state index contributed by atoms with van der Waals surface area (Å²) in [5.74, 6) is 1.12.